The van der Waals surface area contributed by atoms with Crippen molar-refractivity contribution in [3.63, 3.8) is 0 Å². The molecule has 2 rings (SSSR count). The first-order valence-electron chi connectivity index (χ1n) is 5.48. The van der Waals surface area contributed by atoms with Crippen LogP contribution in [0.1, 0.15) is 21.5 Å². The number of hydrogen-bond acceptors (Lipinski definition) is 5. The van der Waals surface area contributed by atoms with Crippen LogP contribution in [-0.2, 0) is 0 Å². The number of amides is 1. The van der Waals surface area contributed by atoms with E-state index in [1.807, 2.05) is 13.0 Å². The number of aromatic nitrogens is 2. The average molecular weight is 273 g/mol. The number of hydrogen-bond donors (Lipinski definition) is 2. The van der Waals surface area contributed by atoms with Gasteiger partial charge in [0.2, 0.25) is 5.13 Å². The van der Waals surface area contributed by atoms with Crippen molar-refractivity contribution < 1.29 is 9.90 Å². The van der Waals surface area contributed by atoms with Crippen molar-refractivity contribution in [2.75, 3.05) is 11.9 Å². The van der Waals surface area contributed by atoms with Gasteiger partial charge in [-0.3, -0.25) is 10.1 Å². The second-order valence-electron chi connectivity index (χ2n) is 3.69. The minimum Gasteiger partial charge on any atom is -0.384 e. The molecule has 96 valence electrons. The van der Waals surface area contributed by atoms with Crippen molar-refractivity contribution in [2.24, 2.45) is 0 Å². The van der Waals surface area contributed by atoms with Crippen molar-refractivity contribution in [3.8, 4) is 11.8 Å². The Bertz CT molecular complexity index is 642. The third-order valence-electron chi connectivity index (χ3n) is 2.37. The molecule has 2 N–H and O–H groups in total. The van der Waals surface area contributed by atoms with Gasteiger partial charge >= 0.3 is 0 Å². The topological polar surface area (TPSA) is 75.1 Å². The van der Waals surface area contributed by atoms with E-state index in [9.17, 15) is 4.79 Å². The van der Waals surface area contributed by atoms with Gasteiger partial charge in [-0.25, -0.2) is 0 Å². The number of aliphatic hydroxyl groups excluding tert-OH is 1. The molecule has 6 heteroatoms. The molecule has 1 aromatic heterocycles. The summed E-state index contributed by atoms with van der Waals surface area (Å²) in [6.07, 6.45) is 0. The van der Waals surface area contributed by atoms with E-state index in [2.05, 4.69) is 27.4 Å². The molecule has 0 unspecified atom stereocenters. The Morgan fingerprint density at radius 1 is 1.53 bits per heavy atom. The molecule has 0 atom stereocenters. The Labute approximate surface area is 114 Å². The SMILES string of the molecule is Cc1ccc(C#CCO)cc1C(=O)Nc1nncs1. The molecule has 5 nitrogen and oxygen atoms in total. The van der Waals surface area contributed by atoms with Crippen LogP contribution >= 0.6 is 11.3 Å². The Morgan fingerprint density at radius 3 is 3.05 bits per heavy atom. The summed E-state index contributed by atoms with van der Waals surface area (Å²) in [5.74, 6) is 5.07. The molecule has 1 amide bonds. The van der Waals surface area contributed by atoms with E-state index in [0.29, 0.717) is 16.3 Å². The summed E-state index contributed by atoms with van der Waals surface area (Å²) in [7, 11) is 0. The number of nitrogens with one attached hydrogen (secondary N) is 1. The van der Waals surface area contributed by atoms with Gasteiger partial charge in [0.25, 0.3) is 5.91 Å². The molecule has 0 aliphatic heterocycles. The van der Waals surface area contributed by atoms with Gasteiger partial charge in [-0.1, -0.05) is 29.2 Å². The van der Waals surface area contributed by atoms with Crippen molar-refractivity contribution in [2.45, 2.75) is 6.92 Å². The molecule has 19 heavy (non-hydrogen) atoms. The summed E-state index contributed by atoms with van der Waals surface area (Å²) in [6, 6.07) is 5.31. The number of benzene rings is 1. The molecule has 0 saturated heterocycles. The lowest BCUT2D eigenvalue weighted by atomic mass is 10.0. The number of anilines is 1. The smallest absolute Gasteiger partial charge is 0.257 e. The number of carbonyl (C=O) groups is 1. The van der Waals surface area contributed by atoms with Gasteiger partial charge in [0, 0.05) is 11.1 Å². The van der Waals surface area contributed by atoms with Crippen molar-refractivity contribution in [1.29, 1.82) is 0 Å². The summed E-state index contributed by atoms with van der Waals surface area (Å²) in [5.41, 5.74) is 3.60. The molecular weight excluding hydrogens is 262 g/mol. The molecule has 0 radical (unpaired) electrons. The van der Waals surface area contributed by atoms with Crippen LogP contribution in [0.3, 0.4) is 0 Å². The van der Waals surface area contributed by atoms with Crippen molar-refractivity contribution >= 4 is 22.4 Å². The second-order valence-corrected chi connectivity index (χ2v) is 4.52. The maximum atomic E-state index is 12.1. The van der Waals surface area contributed by atoms with Gasteiger partial charge in [0.05, 0.1) is 0 Å². The highest BCUT2D eigenvalue weighted by Gasteiger charge is 2.11. The maximum Gasteiger partial charge on any atom is 0.257 e. The van der Waals surface area contributed by atoms with Crippen LogP contribution in [0.15, 0.2) is 23.7 Å². The molecule has 1 heterocycles. The minimum absolute atomic E-state index is 0.208. The molecule has 0 saturated carbocycles. The molecule has 0 aliphatic rings. The first-order valence-corrected chi connectivity index (χ1v) is 6.36. The van der Waals surface area contributed by atoms with Gasteiger partial charge in [-0.2, -0.15) is 0 Å². The summed E-state index contributed by atoms with van der Waals surface area (Å²) >= 11 is 1.25. The van der Waals surface area contributed by atoms with Gasteiger partial charge in [-0.15, -0.1) is 10.2 Å². The first kappa shape index (κ1) is 13.2. The van der Waals surface area contributed by atoms with Crippen LogP contribution in [0.4, 0.5) is 5.13 Å². The number of aliphatic hydroxyl groups is 1. The highest BCUT2D eigenvalue weighted by atomic mass is 32.1. The van der Waals surface area contributed by atoms with Crippen LogP contribution in [0.25, 0.3) is 0 Å². The van der Waals surface area contributed by atoms with Gasteiger partial charge in [0.1, 0.15) is 12.1 Å². The van der Waals surface area contributed by atoms with E-state index in [4.69, 9.17) is 5.11 Å². The van der Waals surface area contributed by atoms with Gasteiger partial charge in [0.15, 0.2) is 0 Å². The zero-order valence-corrected chi connectivity index (χ0v) is 11.0. The van der Waals surface area contributed by atoms with Crippen LogP contribution in [-0.4, -0.2) is 27.8 Å². The van der Waals surface area contributed by atoms with Gasteiger partial charge in [-0.05, 0) is 24.6 Å². The standard InChI is InChI=1S/C13H11N3O2S/c1-9-4-5-10(3-2-6-17)7-11(9)12(18)15-13-16-14-8-19-13/h4-5,7-8,17H,6H2,1H3,(H,15,16,18). The van der Waals surface area contributed by atoms with E-state index in [0.717, 1.165) is 5.56 Å². The number of rotatable bonds is 2. The number of carbonyl (C=O) groups excluding carboxylic acids is 1. The Kier molecular flexibility index (Phi) is 4.23. The van der Waals surface area contributed by atoms with Crippen LogP contribution < -0.4 is 5.32 Å². The molecule has 2 aromatic rings. The Morgan fingerprint density at radius 2 is 2.37 bits per heavy atom. The molecular formula is C13H11N3O2S. The number of aryl methyl sites for hydroxylation is 1. The van der Waals surface area contributed by atoms with E-state index in [-0.39, 0.29) is 12.5 Å². The summed E-state index contributed by atoms with van der Waals surface area (Å²) in [5, 5.41) is 19.2. The molecule has 0 bridgehead atoms. The maximum absolute atomic E-state index is 12.1. The third-order valence-corrected chi connectivity index (χ3v) is 2.98. The predicted octanol–water partition coefficient (Wildman–Crippen LogP) is 1.44. The van der Waals surface area contributed by atoms with E-state index in [1.54, 1.807) is 17.6 Å². The van der Waals surface area contributed by atoms with Crippen LogP contribution in [0, 0.1) is 18.8 Å². The van der Waals surface area contributed by atoms with Crippen molar-refractivity contribution in [3.05, 3.63) is 40.4 Å². The van der Waals surface area contributed by atoms with Crippen molar-refractivity contribution in [1.82, 2.24) is 10.2 Å². The molecule has 0 aliphatic carbocycles. The quantitative estimate of drug-likeness (QED) is 0.812. The normalized spacial score (nSPS) is 9.58. The van der Waals surface area contributed by atoms with Gasteiger partial charge < -0.3 is 5.11 Å². The van der Waals surface area contributed by atoms with E-state index >= 15 is 0 Å². The first-order chi connectivity index (χ1) is 9.20. The summed E-state index contributed by atoms with van der Waals surface area (Å²) in [4.78, 5) is 12.1. The lowest BCUT2D eigenvalue weighted by Gasteiger charge is -2.05. The average Bonchev–Trinajstić information content (AvgIpc) is 2.90. The second kappa shape index (κ2) is 6.09. The predicted molar refractivity (Wildman–Crippen MR) is 73.0 cm³/mol. The van der Waals surface area contributed by atoms with E-state index < -0.39 is 0 Å². The van der Waals surface area contributed by atoms with E-state index in [1.165, 1.54) is 11.3 Å². The Balaban J connectivity index is 2.25. The fourth-order valence-corrected chi connectivity index (χ4v) is 1.92. The zero-order chi connectivity index (χ0) is 13.7. The fourth-order valence-electron chi connectivity index (χ4n) is 1.48. The lowest BCUT2D eigenvalue weighted by molar-refractivity contribution is 0.102. The number of nitrogens with zero attached hydrogens (tertiary/aromatic N) is 2. The summed E-state index contributed by atoms with van der Waals surface area (Å²) in [6.45, 7) is 1.64. The van der Waals surface area contributed by atoms with Crippen LogP contribution in [0.2, 0.25) is 0 Å². The minimum atomic E-state index is -0.248. The fraction of sp³-hybridized carbons (Fsp3) is 0.154. The monoisotopic (exact) mass is 273 g/mol. The highest BCUT2D eigenvalue weighted by Crippen LogP contribution is 2.14. The zero-order valence-electron chi connectivity index (χ0n) is 10.2. The molecule has 0 fully saturated rings. The van der Waals surface area contributed by atoms with Crippen LogP contribution in [0.5, 0.6) is 0 Å². The highest BCUT2D eigenvalue weighted by molar-refractivity contribution is 7.13. The third kappa shape index (κ3) is 3.37. The largest absolute Gasteiger partial charge is 0.384 e. The molecule has 0 spiro atoms. The summed E-state index contributed by atoms with van der Waals surface area (Å²) < 4.78 is 0. The molecule has 1 aromatic carbocycles. The lowest BCUT2D eigenvalue weighted by Crippen LogP contribution is -2.13. The Hall–Kier alpha value is -2.23.